The molecule has 2 heterocycles. The van der Waals surface area contributed by atoms with Gasteiger partial charge in [0, 0.05) is 5.69 Å². The van der Waals surface area contributed by atoms with Crippen LogP contribution < -0.4 is 5.32 Å². The number of nitrogens with zero attached hydrogens (tertiary/aromatic N) is 2. The highest BCUT2D eigenvalue weighted by Crippen LogP contribution is 2.12. The van der Waals surface area contributed by atoms with Gasteiger partial charge in [-0.05, 0) is 26.0 Å². The molecular weight excluding hydrogens is 223 g/mol. The maximum atomic E-state index is 12.8. The number of carbonyl (C=O) groups is 1. The zero-order chi connectivity index (χ0) is 12.4. The van der Waals surface area contributed by atoms with Crippen molar-refractivity contribution in [1.82, 2.24) is 15.2 Å². The number of aromatic amines is 1. The Balaban J connectivity index is 2.23. The molecule has 88 valence electrons. The van der Waals surface area contributed by atoms with Crippen LogP contribution in [0.2, 0.25) is 0 Å². The fraction of sp³-hybridized carbons (Fsp3) is 0.182. The average molecular weight is 234 g/mol. The molecule has 2 rings (SSSR count). The Kier molecular flexibility index (Phi) is 2.86. The number of hydrogen-bond donors (Lipinski definition) is 2. The van der Waals surface area contributed by atoms with E-state index in [1.54, 1.807) is 13.8 Å². The zero-order valence-corrected chi connectivity index (χ0v) is 9.41. The van der Waals surface area contributed by atoms with Crippen molar-refractivity contribution in [3.8, 4) is 0 Å². The first kappa shape index (κ1) is 11.3. The first-order valence-electron chi connectivity index (χ1n) is 5.03. The second-order valence-corrected chi connectivity index (χ2v) is 3.61. The summed E-state index contributed by atoms with van der Waals surface area (Å²) in [4.78, 5) is 15.4. The molecule has 0 saturated carbocycles. The summed E-state index contributed by atoms with van der Waals surface area (Å²) in [6.45, 7) is 3.46. The Bertz CT molecular complexity index is 545. The first-order valence-corrected chi connectivity index (χ1v) is 5.03. The van der Waals surface area contributed by atoms with E-state index in [0.717, 1.165) is 0 Å². The summed E-state index contributed by atoms with van der Waals surface area (Å²) >= 11 is 0. The lowest BCUT2D eigenvalue weighted by Gasteiger charge is -2.04. The summed E-state index contributed by atoms with van der Waals surface area (Å²) in [7, 11) is 0. The lowest BCUT2D eigenvalue weighted by Crippen LogP contribution is -2.14. The standard InChI is InChI=1S/C11H11FN4O/c1-6-10(7(2)16-15-6)11(17)14-9-5-3-4-8(12)13-9/h3-5H,1-2H3,(H,15,16)(H,13,14,17). The van der Waals surface area contributed by atoms with E-state index in [1.807, 2.05) is 0 Å². The van der Waals surface area contributed by atoms with Crippen LogP contribution >= 0.6 is 0 Å². The molecule has 0 bridgehead atoms. The Morgan fingerprint density at radius 1 is 1.41 bits per heavy atom. The molecular formula is C11H11FN4O. The van der Waals surface area contributed by atoms with Gasteiger partial charge in [0.2, 0.25) is 5.95 Å². The number of anilines is 1. The maximum Gasteiger partial charge on any atom is 0.260 e. The molecule has 0 spiro atoms. The molecule has 2 aromatic rings. The molecule has 0 fully saturated rings. The van der Waals surface area contributed by atoms with Crippen LogP contribution in [0, 0.1) is 19.8 Å². The predicted molar refractivity (Wildman–Crippen MR) is 60.2 cm³/mol. The number of carbonyl (C=O) groups excluding carboxylic acids is 1. The number of halogens is 1. The number of pyridine rings is 1. The number of hydrogen-bond acceptors (Lipinski definition) is 3. The molecule has 5 nitrogen and oxygen atoms in total. The number of H-pyrrole nitrogens is 1. The van der Waals surface area contributed by atoms with Crippen molar-refractivity contribution < 1.29 is 9.18 Å². The number of amides is 1. The van der Waals surface area contributed by atoms with Crippen LogP contribution in [-0.2, 0) is 0 Å². The van der Waals surface area contributed by atoms with E-state index in [4.69, 9.17) is 0 Å². The molecule has 6 heteroatoms. The van der Waals surface area contributed by atoms with Crippen LogP contribution in [-0.4, -0.2) is 21.1 Å². The van der Waals surface area contributed by atoms with Gasteiger partial charge in [0.05, 0.1) is 11.3 Å². The van der Waals surface area contributed by atoms with E-state index in [1.165, 1.54) is 18.2 Å². The van der Waals surface area contributed by atoms with Crippen molar-refractivity contribution in [1.29, 1.82) is 0 Å². The number of aromatic nitrogens is 3. The van der Waals surface area contributed by atoms with Gasteiger partial charge in [-0.15, -0.1) is 0 Å². The zero-order valence-electron chi connectivity index (χ0n) is 9.41. The fourth-order valence-corrected chi connectivity index (χ4v) is 1.54. The van der Waals surface area contributed by atoms with Gasteiger partial charge < -0.3 is 5.32 Å². The van der Waals surface area contributed by atoms with Gasteiger partial charge in [-0.25, -0.2) is 4.98 Å². The van der Waals surface area contributed by atoms with E-state index < -0.39 is 5.95 Å². The minimum Gasteiger partial charge on any atom is -0.306 e. The quantitative estimate of drug-likeness (QED) is 0.778. The molecule has 0 atom stereocenters. The molecule has 0 aliphatic carbocycles. The van der Waals surface area contributed by atoms with Crippen molar-refractivity contribution >= 4 is 11.7 Å². The van der Waals surface area contributed by atoms with Crippen LogP contribution in [0.3, 0.4) is 0 Å². The Morgan fingerprint density at radius 2 is 2.18 bits per heavy atom. The van der Waals surface area contributed by atoms with Gasteiger partial charge in [0.15, 0.2) is 0 Å². The van der Waals surface area contributed by atoms with Crippen molar-refractivity contribution in [2.24, 2.45) is 0 Å². The first-order chi connectivity index (χ1) is 8.08. The fourth-order valence-electron chi connectivity index (χ4n) is 1.54. The minimum absolute atomic E-state index is 0.176. The molecule has 0 saturated heterocycles. The van der Waals surface area contributed by atoms with Crippen LogP contribution in [0.15, 0.2) is 18.2 Å². The highest BCUT2D eigenvalue weighted by molar-refractivity contribution is 6.05. The van der Waals surface area contributed by atoms with Crippen LogP contribution in [0.1, 0.15) is 21.7 Å². The molecule has 1 amide bonds. The topological polar surface area (TPSA) is 70.7 Å². The van der Waals surface area contributed by atoms with Crippen molar-refractivity contribution in [3.05, 3.63) is 41.1 Å². The van der Waals surface area contributed by atoms with Gasteiger partial charge >= 0.3 is 0 Å². The summed E-state index contributed by atoms with van der Waals surface area (Å²) in [6, 6.07) is 4.21. The van der Waals surface area contributed by atoms with Crippen LogP contribution in [0.25, 0.3) is 0 Å². The summed E-state index contributed by atoms with van der Waals surface area (Å²) in [5.41, 5.74) is 1.71. The van der Waals surface area contributed by atoms with E-state index in [0.29, 0.717) is 17.0 Å². The minimum atomic E-state index is -0.636. The SMILES string of the molecule is Cc1n[nH]c(C)c1C(=O)Nc1cccc(F)n1. The molecule has 0 aliphatic heterocycles. The average Bonchev–Trinajstić information content (AvgIpc) is 2.58. The van der Waals surface area contributed by atoms with Crippen molar-refractivity contribution in [2.75, 3.05) is 5.32 Å². The van der Waals surface area contributed by atoms with Gasteiger partial charge in [-0.1, -0.05) is 6.07 Å². The van der Waals surface area contributed by atoms with Gasteiger partial charge in [-0.3, -0.25) is 9.89 Å². The third kappa shape index (κ3) is 2.30. The largest absolute Gasteiger partial charge is 0.306 e. The van der Waals surface area contributed by atoms with E-state index in [9.17, 15) is 9.18 Å². The molecule has 2 aromatic heterocycles. The van der Waals surface area contributed by atoms with E-state index >= 15 is 0 Å². The molecule has 0 aliphatic rings. The lowest BCUT2D eigenvalue weighted by atomic mass is 10.2. The van der Waals surface area contributed by atoms with Crippen molar-refractivity contribution in [2.45, 2.75) is 13.8 Å². The molecule has 17 heavy (non-hydrogen) atoms. The van der Waals surface area contributed by atoms with Gasteiger partial charge in [0.25, 0.3) is 5.91 Å². The summed E-state index contributed by atoms with van der Waals surface area (Å²) in [5, 5.41) is 9.14. The third-order valence-electron chi connectivity index (χ3n) is 2.31. The second kappa shape index (κ2) is 4.32. The lowest BCUT2D eigenvalue weighted by molar-refractivity contribution is 0.102. The molecule has 0 aromatic carbocycles. The van der Waals surface area contributed by atoms with Gasteiger partial charge in [0.1, 0.15) is 5.82 Å². The smallest absolute Gasteiger partial charge is 0.260 e. The van der Waals surface area contributed by atoms with Gasteiger partial charge in [-0.2, -0.15) is 9.49 Å². The number of aryl methyl sites for hydroxylation is 2. The normalized spacial score (nSPS) is 10.3. The second-order valence-electron chi connectivity index (χ2n) is 3.61. The van der Waals surface area contributed by atoms with Crippen LogP contribution in [0.4, 0.5) is 10.2 Å². The highest BCUT2D eigenvalue weighted by Gasteiger charge is 2.15. The van der Waals surface area contributed by atoms with E-state index in [-0.39, 0.29) is 11.7 Å². The van der Waals surface area contributed by atoms with E-state index in [2.05, 4.69) is 20.5 Å². The molecule has 2 N–H and O–H groups in total. The molecule has 0 radical (unpaired) electrons. The summed E-state index contributed by atoms with van der Waals surface area (Å²) in [6.07, 6.45) is 0. The third-order valence-corrected chi connectivity index (χ3v) is 2.31. The Hall–Kier alpha value is -2.24. The Labute approximate surface area is 97.1 Å². The monoisotopic (exact) mass is 234 g/mol. The molecule has 0 unspecified atom stereocenters. The predicted octanol–water partition coefficient (Wildman–Crippen LogP) is 1.81. The summed E-state index contributed by atoms with van der Waals surface area (Å²) < 4.78 is 12.8. The summed E-state index contributed by atoms with van der Waals surface area (Å²) in [5.74, 6) is -0.815. The maximum absolute atomic E-state index is 12.8. The Morgan fingerprint density at radius 3 is 2.76 bits per heavy atom. The van der Waals surface area contributed by atoms with Crippen LogP contribution in [0.5, 0.6) is 0 Å². The number of rotatable bonds is 2. The van der Waals surface area contributed by atoms with Crippen molar-refractivity contribution in [3.63, 3.8) is 0 Å². The highest BCUT2D eigenvalue weighted by atomic mass is 19.1. The number of nitrogens with one attached hydrogen (secondary N) is 2.